The van der Waals surface area contributed by atoms with Crippen molar-refractivity contribution >= 4 is 90.1 Å². The molecule has 1 aliphatic carbocycles. The Kier molecular flexibility index (Phi) is 9.37. The molecule has 2 aliphatic rings. The van der Waals surface area contributed by atoms with Gasteiger partial charge in [-0.1, -0.05) is 167 Å². The van der Waals surface area contributed by atoms with Crippen LogP contribution in [-0.4, -0.2) is 7.28 Å². The molecular weight excluding hydrogens is 836 g/mol. The van der Waals surface area contributed by atoms with Crippen LogP contribution in [0.4, 0.5) is 28.4 Å². The van der Waals surface area contributed by atoms with Crippen LogP contribution in [0.25, 0.3) is 76.9 Å². The van der Waals surface area contributed by atoms with Gasteiger partial charge in [0.1, 0.15) is 11.2 Å². The van der Waals surface area contributed by atoms with Crippen molar-refractivity contribution < 1.29 is 4.42 Å². The zero-order valence-corrected chi connectivity index (χ0v) is 39.8. The van der Waals surface area contributed by atoms with E-state index in [-0.39, 0.29) is 10.8 Å². The topological polar surface area (TPSA) is 28.4 Å². The predicted molar refractivity (Wildman–Crippen MR) is 294 cm³/mol. The maximum atomic E-state index is 7.00. The van der Waals surface area contributed by atoms with E-state index in [9.17, 15) is 0 Å². The van der Waals surface area contributed by atoms with Crippen LogP contribution >= 0.6 is 0 Å². The summed E-state index contributed by atoms with van der Waals surface area (Å²) in [6, 6.07) is 71.3. The summed E-state index contributed by atoms with van der Waals surface area (Å²) in [7, 11) is 2.45. The molecule has 10 aromatic carbocycles. The highest BCUT2D eigenvalue weighted by Gasteiger charge is 2.38. The number of hydrogen-bond donors (Lipinski definition) is 1. The van der Waals surface area contributed by atoms with Crippen molar-refractivity contribution in [2.75, 3.05) is 10.2 Å². The fraction of sp³-hybridized carbons (Fsp3) is 0.138. The molecule has 1 radical (unpaired) electrons. The van der Waals surface area contributed by atoms with Crippen molar-refractivity contribution in [3.63, 3.8) is 0 Å². The lowest BCUT2D eigenvalue weighted by Gasteiger charge is -2.41. The molecule has 331 valence electrons. The van der Waals surface area contributed by atoms with Crippen LogP contribution in [0, 0.1) is 6.92 Å². The van der Waals surface area contributed by atoms with Gasteiger partial charge in [-0.05, 0) is 151 Å². The highest BCUT2D eigenvalue weighted by Crippen LogP contribution is 2.50. The van der Waals surface area contributed by atoms with Crippen LogP contribution < -0.4 is 21.1 Å². The Morgan fingerprint density at radius 3 is 1.75 bits per heavy atom. The van der Waals surface area contributed by atoms with E-state index in [4.69, 9.17) is 4.42 Å². The summed E-state index contributed by atoms with van der Waals surface area (Å²) < 4.78 is 7.00. The molecule has 0 fully saturated rings. The molecule has 11 aromatic rings. The Morgan fingerprint density at radius 1 is 0.478 bits per heavy atom. The Morgan fingerprint density at radius 2 is 1.04 bits per heavy atom. The molecule has 69 heavy (non-hydrogen) atoms. The Bertz CT molecular complexity index is 3850. The van der Waals surface area contributed by atoms with Gasteiger partial charge in [0.2, 0.25) is 0 Å². The third-order valence-corrected chi connectivity index (χ3v) is 15.4. The van der Waals surface area contributed by atoms with Crippen molar-refractivity contribution in [2.45, 2.75) is 58.3 Å². The lowest BCUT2D eigenvalue weighted by Crippen LogP contribution is -2.41. The first-order chi connectivity index (χ1) is 33.6. The number of nitrogens with one attached hydrogen (secondary N) is 1. The summed E-state index contributed by atoms with van der Waals surface area (Å²) in [6.45, 7) is 11.9. The molecule has 13 rings (SSSR count). The maximum absolute atomic E-state index is 7.00. The van der Waals surface area contributed by atoms with E-state index < -0.39 is 0 Å². The largest absolute Gasteiger partial charge is 0.456 e. The van der Waals surface area contributed by atoms with Gasteiger partial charge in [-0.2, -0.15) is 0 Å². The van der Waals surface area contributed by atoms with Gasteiger partial charge < -0.3 is 14.6 Å². The van der Waals surface area contributed by atoms with Crippen molar-refractivity contribution in [1.29, 1.82) is 0 Å². The van der Waals surface area contributed by atoms with E-state index >= 15 is 0 Å². The highest BCUT2D eigenvalue weighted by molar-refractivity contribution is 6.74. The zero-order valence-electron chi connectivity index (χ0n) is 39.8. The zero-order chi connectivity index (χ0) is 46.6. The molecule has 0 saturated carbocycles. The average molecular weight is 888 g/mol. The summed E-state index contributed by atoms with van der Waals surface area (Å²) >= 11 is 0. The second kappa shape index (κ2) is 15.6. The van der Waals surface area contributed by atoms with Gasteiger partial charge in [0.15, 0.2) is 7.28 Å². The second-order valence-corrected chi connectivity index (χ2v) is 20.7. The molecule has 2 heterocycles. The molecule has 1 N–H and O–H groups in total. The quantitative estimate of drug-likeness (QED) is 0.169. The van der Waals surface area contributed by atoms with Crippen molar-refractivity contribution in [2.24, 2.45) is 0 Å². The maximum Gasteiger partial charge on any atom is 0.197 e. The van der Waals surface area contributed by atoms with Gasteiger partial charge in [-0.25, -0.2) is 0 Å². The summed E-state index contributed by atoms with van der Waals surface area (Å²) in [5.41, 5.74) is 21.0. The van der Waals surface area contributed by atoms with Gasteiger partial charge in [0, 0.05) is 56.2 Å². The van der Waals surface area contributed by atoms with E-state index in [0.29, 0.717) is 0 Å². The minimum atomic E-state index is 0.0759. The molecule has 4 heteroatoms. The standard InChI is InChI=1S/C65H52BN2O/c1-40-32-46(42-18-10-7-11-19-42)26-29-58(40)68-59-39-61-52(51-36-54-55(38-60(51)69-61)65(4,5)31-30-64(54,2)3)37-56(59)66-62-53(34-47-22-14-15-23-49(47)63(62)68)50-33-44-20-12-13-21-45(44)35-57(50)67-48-27-24-43(25-28-48)41-16-8-6-9-17-41/h6-29,32-39,67H,30-31H2,1-5H3. The van der Waals surface area contributed by atoms with Crippen LogP contribution in [0.15, 0.2) is 199 Å². The molecular formula is C65H52BN2O. The van der Waals surface area contributed by atoms with E-state index in [1.165, 1.54) is 76.9 Å². The van der Waals surface area contributed by atoms with Gasteiger partial charge in [0.25, 0.3) is 0 Å². The first kappa shape index (κ1) is 41.4. The predicted octanol–water partition coefficient (Wildman–Crippen LogP) is 16.7. The van der Waals surface area contributed by atoms with Crippen LogP contribution in [-0.2, 0) is 10.8 Å². The van der Waals surface area contributed by atoms with Crippen LogP contribution in [0.1, 0.15) is 57.2 Å². The number of anilines is 5. The molecule has 0 unspecified atom stereocenters. The molecule has 3 nitrogen and oxygen atoms in total. The molecule has 0 atom stereocenters. The van der Waals surface area contributed by atoms with Crippen molar-refractivity contribution in [3.8, 4) is 33.4 Å². The smallest absolute Gasteiger partial charge is 0.197 e. The van der Waals surface area contributed by atoms with Crippen LogP contribution in [0.3, 0.4) is 0 Å². The van der Waals surface area contributed by atoms with Gasteiger partial charge in [-0.3, -0.25) is 0 Å². The molecule has 0 spiro atoms. The summed E-state index contributed by atoms with van der Waals surface area (Å²) in [5, 5.41) is 11.0. The fourth-order valence-electron chi connectivity index (χ4n) is 11.5. The number of furan rings is 1. The van der Waals surface area contributed by atoms with Gasteiger partial charge >= 0.3 is 0 Å². The minimum Gasteiger partial charge on any atom is -0.456 e. The SMILES string of the molecule is Cc1cc(-c2ccccc2)ccc1N1c2cc3oc4cc5c(cc4c3cc2[B]c2c(-c3cc4ccccc4cc3Nc3ccc(-c4ccccc4)cc3)cc3ccccc3c21)C(C)(C)CCC5(C)C. The highest BCUT2D eigenvalue weighted by atomic mass is 16.3. The van der Waals surface area contributed by atoms with Crippen LogP contribution in [0.2, 0.25) is 0 Å². The Hall–Kier alpha value is -7.82. The molecule has 0 amide bonds. The third-order valence-electron chi connectivity index (χ3n) is 15.4. The molecule has 1 aromatic heterocycles. The van der Waals surface area contributed by atoms with E-state index in [0.717, 1.165) is 68.9 Å². The minimum absolute atomic E-state index is 0.0759. The molecule has 1 aliphatic heterocycles. The lowest BCUT2D eigenvalue weighted by molar-refractivity contribution is 0.332. The number of aryl methyl sites for hydroxylation is 1. The number of hydrogen-bond acceptors (Lipinski definition) is 3. The Labute approximate surface area is 405 Å². The number of fused-ring (bicyclic) bond motifs is 9. The monoisotopic (exact) mass is 887 g/mol. The first-order valence-electron chi connectivity index (χ1n) is 24.4. The summed E-state index contributed by atoms with van der Waals surface area (Å²) in [6.07, 6.45) is 2.32. The fourth-order valence-corrected chi connectivity index (χ4v) is 11.5. The number of rotatable bonds is 6. The first-order valence-corrected chi connectivity index (χ1v) is 24.4. The van der Waals surface area contributed by atoms with Gasteiger partial charge in [0.05, 0.1) is 0 Å². The van der Waals surface area contributed by atoms with Crippen molar-refractivity contribution in [3.05, 3.63) is 211 Å². The van der Waals surface area contributed by atoms with Gasteiger partial charge in [-0.15, -0.1) is 0 Å². The summed E-state index contributed by atoms with van der Waals surface area (Å²) in [5.74, 6) is 0. The van der Waals surface area contributed by atoms with Crippen LogP contribution in [0.5, 0.6) is 0 Å². The lowest BCUT2D eigenvalue weighted by atomic mass is 9.57. The number of nitrogens with zero attached hydrogens (tertiary/aromatic N) is 1. The number of benzene rings is 10. The average Bonchev–Trinajstić information content (AvgIpc) is 3.73. The van der Waals surface area contributed by atoms with E-state index in [1.807, 2.05) is 0 Å². The third kappa shape index (κ3) is 6.87. The second-order valence-electron chi connectivity index (χ2n) is 20.7. The summed E-state index contributed by atoms with van der Waals surface area (Å²) in [4.78, 5) is 2.53. The Balaban J connectivity index is 1.06. The molecule has 0 bridgehead atoms. The molecule has 0 saturated heterocycles. The van der Waals surface area contributed by atoms with Crippen molar-refractivity contribution in [1.82, 2.24) is 0 Å². The van der Waals surface area contributed by atoms with E-state index in [1.54, 1.807) is 0 Å². The van der Waals surface area contributed by atoms with E-state index in [2.05, 4.69) is 246 Å². The normalized spacial score (nSPS) is 14.7.